The van der Waals surface area contributed by atoms with Crippen molar-refractivity contribution in [3.63, 3.8) is 0 Å². The molecule has 0 saturated heterocycles. The highest BCUT2D eigenvalue weighted by atomic mass is 19.4. The van der Waals surface area contributed by atoms with Crippen LogP contribution in [0.4, 0.5) is 30.7 Å². The lowest BCUT2D eigenvalue weighted by Gasteiger charge is -2.12. The lowest BCUT2D eigenvalue weighted by atomic mass is 9.97. The zero-order valence-corrected chi connectivity index (χ0v) is 15.4. The van der Waals surface area contributed by atoms with Gasteiger partial charge in [-0.15, -0.1) is 0 Å². The highest BCUT2D eigenvalue weighted by Crippen LogP contribution is 2.37. The molecule has 0 radical (unpaired) electrons. The number of hydrogen-bond acceptors (Lipinski definition) is 0. The highest BCUT2D eigenvalue weighted by Gasteiger charge is 2.38. The first kappa shape index (κ1) is 21.1. The van der Waals surface area contributed by atoms with Crippen molar-refractivity contribution in [1.82, 2.24) is 0 Å². The molecule has 0 heterocycles. The third-order valence-electron chi connectivity index (χ3n) is 4.78. The Hall–Kier alpha value is -2.57. The van der Waals surface area contributed by atoms with Gasteiger partial charge in [0.05, 0.1) is 0 Å². The van der Waals surface area contributed by atoms with E-state index >= 15 is 0 Å². The Morgan fingerprint density at radius 1 is 0.724 bits per heavy atom. The maximum absolute atomic E-state index is 14.2. The number of benzene rings is 3. The number of alkyl halides is 3. The molecule has 0 fully saturated rings. The Balaban J connectivity index is 1.89. The molecule has 0 bridgehead atoms. The van der Waals surface area contributed by atoms with E-state index in [0.29, 0.717) is 23.6 Å². The molecular weight excluding hydrogens is 397 g/mol. The van der Waals surface area contributed by atoms with E-state index in [1.807, 2.05) is 6.92 Å². The summed E-state index contributed by atoms with van der Waals surface area (Å²) in [5.41, 5.74) is -0.986. The maximum atomic E-state index is 14.2. The van der Waals surface area contributed by atoms with E-state index < -0.39 is 35.0 Å². The molecule has 3 rings (SSSR count). The van der Waals surface area contributed by atoms with Gasteiger partial charge in [0, 0.05) is 10.9 Å². The number of rotatable bonds is 5. The quantitative estimate of drug-likeness (QED) is 0.389. The first-order chi connectivity index (χ1) is 13.6. The number of aryl methyl sites for hydroxylation is 2. The van der Waals surface area contributed by atoms with E-state index in [-0.39, 0.29) is 29.2 Å². The summed E-state index contributed by atoms with van der Waals surface area (Å²) in [6.07, 6.45) is -3.70. The third kappa shape index (κ3) is 4.38. The molecule has 0 saturated carbocycles. The van der Waals surface area contributed by atoms with E-state index in [0.717, 1.165) is 12.5 Å². The minimum absolute atomic E-state index is 0.00117. The third-order valence-corrected chi connectivity index (χ3v) is 4.78. The zero-order chi connectivity index (χ0) is 21.3. The fourth-order valence-electron chi connectivity index (χ4n) is 3.39. The monoisotopic (exact) mass is 414 g/mol. The number of halogens is 7. The van der Waals surface area contributed by atoms with Gasteiger partial charge in [0.1, 0.15) is 28.8 Å². The Kier molecular flexibility index (Phi) is 5.87. The molecule has 0 aliphatic carbocycles. The second-order valence-electron chi connectivity index (χ2n) is 6.89. The lowest BCUT2D eigenvalue weighted by molar-refractivity contribution is -0.142. The standard InChI is InChI=1S/C22H17F7/c1-2-3-13-9-17(23)16(18(24)10-13)7-5-12-4-6-15-14(8-12)11-19(25)20(21(15)26)22(27,28)29/h4,6,8-11H,2-3,5,7H2,1H3. The van der Waals surface area contributed by atoms with E-state index in [1.54, 1.807) is 0 Å². The summed E-state index contributed by atoms with van der Waals surface area (Å²) in [6.45, 7) is 1.90. The summed E-state index contributed by atoms with van der Waals surface area (Å²) in [6, 6.07) is 6.99. The van der Waals surface area contributed by atoms with Crippen molar-refractivity contribution in [3.05, 3.63) is 81.9 Å². The summed E-state index contributed by atoms with van der Waals surface area (Å²) < 4.78 is 94.9. The molecule has 0 amide bonds. The fraction of sp³-hybridized carbons (Fsp3) is 0.273. The molecule has 7 heteroatoms. The molecule has 0 unspecified atom stereocenters. The van der Waals surface area contributed by atoms with Gasteiger partial charge in [-0.2, -0.15) is 13.2 Å². The van der Waals surface area contributed by atoms with Gasteiger partial charge in [-0.25, -0.2) is 17.6 Å². The Labute approximate surface area is 163 Å². The van der Waals surface area contributed by atoms with E-state index in [9.17, 15) is 30.7 Å². The van der Waals surface area contributed by atoms with E-state index in [4.69, 9.17) is 0 Å². The fourth-order valence-corrected chi connectivity index (χ4v) is 3.39. The van der Waals surface area contributed by atoms with Crippen molar-refractivity contribution in [3.8, 4) is 0 Å². The van der Waals surface area contributed by atoms with E-state index in [2.05, 4.69) is 0 Å². The smallest absolute Gasteiger partial charge is 0.207 e. The molecule has 0 atom stereocenters. The van der Waals surface area contributed by atoms with Crippen LogP contribution < -0.4 is 0 Å². The molecule has 29 heavy (non-hydrogen) atoms. The van der Waals surface area contributed by atoms with Crippen molar-refractivity contribution in [2.24, 2.45) is 0 Å². The normalized spacial score (nSPS) is 12.0. The van der Waals surface area contributed by atoms with Crippen LogP contribution >= 0.6 is 0 Å². The zero-order valence-electron chi connectivity index (χ0n) is 15.4. The van der Waals surface area contributed by atoms with Gasteiger partial charge in [-0.3, -0.25) is 0 Å². The van der Waals surface area contributed by atoms with Gasteiger partial charge < -0.3 is 0 Å². The van der Waals surface area contributed by atoms with Gasteiger partial charge >= 0.3 is 6.18 Å². The SMILES string of the molecule is CCCc1cc(F)c(CCc2ccc3c(F)c(C(F)(F)F)c(F)cc3c2)c(F)c1. The Morgan fingerprint density at radius 3 is 1.97 bits per heavy atom. The summed E-state index contributed by atoms with van der Waals surface area (Å²) >= 11 is 0. The molecular formula is C22H17F7. The van der Waals surface area contributed by atoms with Gasteiger partial charge in [-0.1, -0.05) is 31.5 Å². The van der Waals surface area contributed by atoms with Crippen molar-refractivity contribution in [1.29, 1.82) is 0 Å². The molecule has 0 aromatic heterocycles. The average molecular weight is 414 g/mol. The summed E-state index contributed by atoms with van der Waals surface area (Å²) in [5, 5.41) is -0.423. The van der Waals surface area contributed by atoms with Gasteiger partial charge in [-0.05, 0) is 54.0 Å². The minimum Gasteiger partial charge on any atom is -0.207 e. The molecule has 3 aromatic rings. The van der Waals surface area contributed by atoms with Crippen molar-refractivity contribution < 1.29 is 30.7 Å². The Morgan fingerprint density at radius 2 is 1.38 bits per heavy atom. The van der Waals surface area contributed by atoms with Crippen LogP contribution in [0.5, 0.6) is 0 Å². The minimum atomic E-state index is -5.15. The summed E-state index contributed by atoms with van der Waals surface area (Å²) in [7, 11) is 0. The van der Waals surface area contributed by atoms with Crippen LogP contribution in [0.15, 0.2) is 36.4 Å². The molecule has 0 nitrogen and oxygen atoms in total. The summed E-state index contributed by atoms with van der Waals surface area (Å²) in [4.78, 5) is 0. The molecule has 0 aliphatic rings. The van der Waals surface area contributed by atoms with Crippen molar-refractivity contribution in [2.45, 2.75) is 38.8 Å². The molecule has 0 spiro atoms. The van der Waals surface area contributed by atoms with Gasteiger partial charge in [0.2, 0.25) is 0 Å². The Bertz CT molecular complexity index is 1030. The molecule has 0 N–H and O–H groups in total. The molecule has 3 aromatic carbocycles. The van der Waals surface area contributed by atoms with Crippen LogP contribution in [0.25, 0.3) is 10.8 Å². The van der Waals surface area contributed by atoms with Crippen LogP contribution in [0.2, 0.25) is 0 Å². The first-order valence-corrected chi connectivity index (χ1v) is 9.06. The number of fused-ring (bicyclic) bond motifs is 1. The first-order valence-electron chi connectivity index (χ1n) is 9.06. The van der Waals surface area contributed by atoms with E-state index in [1.165, 1.54) is 24.3 Å². The van der Waals surface area contributed by atoms with Gasteiger partial charge in [0.25, 0.3) is 0 Å². The van der Waals surface area contributed by atoms with Crippen LogP contribution in [-0.2, 0) is 25.4 Å². The van der Waals surface area contributed by atoms with Gasteiger partial charge in [0.15, 0.2) is 0 Å². The topological polar surface area (TPSA) is 0 Å². The maximum Gasteiger partial charge on any atom is 0.422 e. The predicted octanol–water partition coefficient (Wildman–Crippen LogP) is 7.15. The second kappa shape index (κ2) is 8.05. The van der Waals surface area contributed by atoms with Crippen molar-refractivity contribution in [2.75, 3.05) is 0 Å². The lowest BCUT2D eigenvalue weighted by Crippen LogP contribution is -2.11. The largest absolute Gasteiger partial charge is 0.422 e. The van der Waals surface area contributed by atoms with Crippen LogP contribution in [0, 0.1) is 23.3 Å². The number of hydrogen-bond donors (Lipinski definition) is 0. The van der Waals surface area contributed by atoms with Crippen LogP contribution in [0.1, 0.15) is 35.6 Å². The highest BCUT2D eigenvalue weighted by molar-refractivity contribution is 5.85. The molecule has 154 valence electrons. The predicted molar refractivity (Wildman–Crippen MR) is 96.6 cm³/mol. The van der Waals surface area contributed by atoms with Crippen molar-refractivity contribution >= 4 is 10.8 Å². The second-order valence-corrected chi connectivity index (χ2v) is 6.89. The summed E-state index contributed by atoms with van der Waals surface area (Å²) in [5.74, 6) is -4.71. The van der Waals surface area contributed by atoms with Crippen LogP contribution in [-0.4, -0.2) is 0 Å². The van der Waals surface area contributed by atoms with Crippen LogP contribution in [0.3, 0.4) is 0 Å². The average Bonchev–Trinajstić information content (AvgIpc) is 2.59. The molecule has 0 aliphatic heterocycles.